The van der Waals surface area contributed by atoms with Crippen molar-refractivity contribution in [3.8, 4) is 5.75 Å². The summed E-state index contributed by atoms with van der Waals surface area (Å²) in [6, 6.07) is 11.9. The molecular weight excluding hydrogens is 316 g/mol. The first kappa shape index (κ1) is 17.4. The summed E-state index contributed by atoms with van der Waals surface area (Å²) < 4.78 is 10.8. The van der Waals surface area contributed by atoms with Crippen molar-refractivity contribution in [1.82, 2.24) is 10.3 Å². The molecule has 0 spiro atoms. The number of aryl methyl sites for hydroxylation is 1. The minimum Gasteiger partial charge on any atom is -0.497 e. The van der Waals surface area contributed by atoms with Gasteiger partial charge in [0.25, 0.3) is 0 Å². The highest BCUT2D eigenvalue weighted by Crippen LogP contribution is 2.19. The molecule has 0 unspecified atom stereocenters. The fourth-order valence-electron chi connectivity index (χ4n) is 3.15. The minimum absolute atomic E-state index is 0.0676. The Morgan fingerprint density at radius 1 is 1.24 bits per heavy atom. The Morgan fingerprint density at radius 2 is 2.08 bits per heavy atom. The second-order valence-electron chi connectivity index (χ2n) is 6.38. The molecule has 1 saturated heterocycles. The number of pyridine rings is 1. The molecule has 1 aliphatic rings. The molecule has 1 N–H and O–H groups in total. The van der Waals surface area contributed by atoms with Crippen LogP contribution >= 0.6 is 0 Å². The lowest BCUT2D eigenvalue weighted by molar-refractivity contribution is -0.122. The van der Waals surface area contributed by atoms with E-state index in [-0.39, 0.29) is 11.9 Å². The lowest BCUT2D eigenvalue weighted by Crippen LogP contribution is -2.40. The average molecular weight is 340 g/mol. The number of nitrogens with zero attached hydrogens (tertiary/aromatic N) is 1. The number of hydrogen-bond donors (Lipinski definition) is 1. The first-order chi connectivity index (χ1) is 12.2. The van der Waals surface area contributed by atoms with Gasteiger partial charge >= 0.3 is 0 Å². The van der Waals surface area contributed by atoms with Gasteiger partial charge in [-0.3, -0.25) is 9.78 Å². The van der Waals surface area contributed by atoms with E-state index in [0.29, 0.717) is 32.0 Å². The van der Waals surface area contributed by atoms with Crippen LogP contribution in [0.1, 0.15) is 17.5 Å². The number of ether oxygens (including phenoxy) is 2. The van der Waals surface area contributed by atoms with Crippen LogP contribution in [0.4, 0.5) is 0 Å². The average Bonchev–Trinajstić information content (AvgIpc) is 3.07. The molecular formula is C20H24N2O3. The predicted molar refractivity (Wildman–Crippen MR) is 95.5 cm³/mol. The normalized spacial score (nSPS) is 19.6. The van der Waals surface area contributed by atoms with Crippen LogP contribution in [-0.4, -0.2) is 37.3 Å². The Balaban J connectivity index is 1.49. The second kappa shape index (κ2) is 8.62. The van der Waals surface area contributed by atoms with Crippen LogP contribution in [0.5, 0.6) is 5.75 Å². The van der Waals surface area contributed by atoms with Gasteiger partial charge in [0.1, 0.15) is 5.75 Å². The van der Waals surface area contributed by atoms with Crippen molar-refractivity contribution in [3.63, 3.8) is 0 Å². The predicted octanol–water partition coefficient (Wildman–Crippen LogP) is 2.40. The number of hydrogen-bond acceptors (Lipinski definition) is 4. The number of aromatic nitrogens is 1. The van der Waals surface area contributed by atoms with Crippen molar-refractivity contribution in [2.45, 2.75) is 25.3 Å². The summed E-state index contributed by atoms with van der Waals surface area (Å²) in [5.41, 5.74) is 2.33. The number of carbonyl (C=O) groups is 1. The van der Waals surface area contributed by atoms with Gasteiger partial charge in [-0.25, -0.2) is 0 Å². The molecule has 3 rings (SSSR count). The lowest BCUT2D eigenvalue weighted by atomic mass is 9.95. The van der Waals surface area contributed by atoms with Crippen LogP contribution in [0.3, 0.4) is 0 Å². The Kier molecular flexibility index (Phi) is 6.01. The van der Waals surface area contributed by atoms with Crippen molar-refractivity contribution in [2.75, 3.05) is 20.3 Å². The third kappa shape index (κ3) is 5.03. The van der Waals surface area contributed by atoms with Gasteiger partial charge in [0, 0.05) is 24.7 Å². The van der Waals surface area contributed by atoms with Crippen molar-refractivity contribution in [1.29, 1.82) is 0 Å². The number of nitrogens with one attached hydrogen (secondary N) is 1. The van der Waals surface area contributed by atoms with E-state index in [1.54, 1.807) is 19.5 Å². The quantitative estimate of drug-likeness (QED) is 0.841. The Labute approximate surface area is 148 Å². The number of carbonyl (C=O) groups excluding carboxylic acids is 1. The van der Waals surface area contributed by atoms with E-state index in [4.69, 9.17) is 9.47 Å². The Hall–Kier alpha value is -2.40. The Bertz CT molecular complexity index is 690. The van der Waals surface area contributed by atoms with E-state index in [9.17, 15) is 4.79 Å². The fraction of sp³-hybridized carbons (Fsp3) is 0.400. The number of amides is 1. The maximum atomic E-state index is 12.3. The van der Waals surface area contributed by atoms with Gasteiger partial charge in [-0.1, -0.05) is 12.1 Å². The van der Waals surface area contributed by atoms with Crippen molar-refractivity contribution >= 4 is 5.91 Å². The summed E-state index contributed by atoms with van der Waals surface area (Å²) >= 11 is 0. The minimum atomic E-state index is 0.0676. The summed E-state index contributed by atoms with van der Waals surface area (Å²) in [5.74, 6) is 1.20. The topological polar surface area (TPSA) is 60.5 Å². The zero-order valence-corrected chi connectivity index (χ0v) is 14.5. The summed E-state index contributed by atoms with van der Waals surface area (Å²) in [4.78, 5) is 16.4. The number of benzene rings is 1. The largest absolute Gasteiger partial charge is 0.497 e. The molecule has 1 aromatic carbocycles. The summed E-state index contributed by atoms with van der Waals surface area (Å²) in [6.45, 7) is 1.27. The third-order valence-electron chi connectivity index (χ3n) is 4.57. The van der Waals surface area contributed by atoms with Crippen LogP contribution in [-0.2, 0) is 22.4 Å². The molecule has 132 valence electrons. The highest BCUT2D eigenvalue weighted by atomic mass is 16.5. The summed E-state index contributed by atoms with van der Waals surface area (Å²) in [6.07, 6.45) is 5.65. The van der Waals surface area contributed by atoms with Gasteiger partial charge < -0.3 is 14.8 Å². The summed E-state index contributed by atoms with van der Waals surface area (Å²) in [7, 11) is 1.65. The number of rotatable bonds is 7. The van der Waals surface area contributed by atoms with E-state index in [1.807, 2.05) is 36.4 Å². The molecule has 5 nitrogen and oxygen atoms in total. The molecule has 1 aliphatic heterocycles. The van der Waals surface area contributed by atoms with E-state index in [2.05, 4.69) is 10.3 Å². The maximum absolute atomic E-state index is 12.3. The van der Waals surface area contributed by atoms with Gasteiger partial charge in [-0.15, -0.1) is 0 Å². The fourth-order valence-corrected chi connectivity index (χ4v) is 3.15. The molecule has 0 saturated carbocycles. The van der Waals surface area contributed by atoms with Crippen LogP contribution in [0.2, 0.25) is 0 Å². The van der Waals surface area contributed by atoms with Gasteiger partial charge in [0.15, 0.2) is 0 Å². The molecule has 1 fully saturated rings. The molecule has 2 heterocycles. The number of methoxy groups -OCH3 is 1. The zero-order chi connectivity index (χ0) is 17.5. The van der Waals surface area contributed by atoms with Gasteiger partial charge in [-0.05, 0) is 48.2 Å². The van der Waals surface area contributed by atoms with Gasteiger partial charge in [0.2, 0.25) is 5.91 Å². The van der Waals surface area contributed by atoms with Crippen molar-refractivity contribution in [3.05, 3.63) is 59.9 Å². The van der Waals surface area contributed by atoms with Gasteiger partial charge in [-0.2, -0.15) is 0 Å². The molecule has 1 amide bonds. The molecule has 2 atom stereocenters. The van der Waals surface area contributed by atoms with Crippen LogP contribution in [0.15, 0.2) is 48.8 Å². The van der Waals surface area contributed by atoms with E-state index >= 15 is 0 Å². The third-order valence-corrected chi connectivity index (χ3v) is 4.57. The smallest absolute Gasteiger partial charge is 0.220 e. The van der Waals surface area contributed by atoms with Crippen molar-refractivity contribution < 1.29 is 14.3 Å². The van der Waals surface area contributed by atoms with Crippen LogP contribution in [0.25, 0.3) is 0 Å². The first-order valence-electron chi connectivity index (χ1n) is 8.63. The van der Waals surface area contributed by atoms with Crippen molar-refractivity contribution in [2.24, 2.45) is 5.92 Å². The maximum Gasteiger partial charge on any atom is 0.220 e. The Morgan fingerprint density at radius 3 is 2.88 bits per heavy atom. The van der Waals surface area contributed by atoms with Gasteiger partial charge in [0.05, 0.1) is 26.4 Å². The van der Waals surface area contributed by atoms with Crippen LogP contribution < -0.4 is 10.1 Å². The molecule has 0 bridgehead atoms. The lowest BCUT2D eigenvalue weighted by Gasteiger charge is -2.19. The first-order valence-corrected chi connectivity index (χ1v) is 8.63. The highest BCUT2D eigenvalue weighted by molar-refractivity contribution is 5.76. The highest BCUT2D eigenvalue weighted by Gasteiger charge is 2.29. The van der Waals surface area contributed by atoms with Crippen LogP contribution in [0, 0.1) is 5.92 Å². The molecule has 0 radical (unpaired) electrons. The molecule has 5 heteroatoms. The second-order valence-corrected chi connectivity index (χ2v) is 6.38. The van der Waals surface area contributed by atoms with E-state index in [1.165, 1.54) is 5.56 Å². The standard InChI is InChI=1S/C20H24N2O3/c1-24-18-4-2-3-15(12-18)5-6-20(23)22-19-14-25-13-17(19)11-16-7-9-21-10-8-16/h2-4,7-10,12,17,19H,5-6,11,13-14H2,1H3,(H,22,23)/t17-,19-/m1/s1. The van der Waals surface area contributed by atoms with E-state index in [0.717, 1.165) is 17.7 Å². The van der Waals surface area contributed by atoms with E-state index < -0.39 is 0 Å². The molecule has 0 aliphatic carbocycles. The molecule has 2 aromatic rings. The molecule has 25 heavy (non-hydrogen) atoms. The monoisotopic (exact) mass is 340 g/mol. The SMILES string of the molecule is COc1cccc(CCC(=O)N[C@@H]2COC[C@H]2Cc2ccncc2)c1. The zero-order valence-electron chi connectivity index (χ0n) is 14.5. The summed E-state index contributed by atoms with van der Waals surface area (Å²) in [5, 5.41) is 3.14. The molecule has 1 aromatic heterocycles.